The molecule has 1 radical (unpaired) electrons. The van der Waals surface area contributed by atoms with Crippen LogP contribution in [0.4, 0.5) is 0 Å². The van der Waals surface area contributed by atoms with Crippen LogP contribution in [0.15, 0.2) is 54.6 Å². The summed E-state index contributed by atoms with van der Waals surface area (Å²) >= 11 is 0. The number of hydrogen-bond donors (Lipinski definition) is 0. The first kappa shape index (κ1) is 11.4. The molecule has 0 spiro atoms. The molecule has 85 valence electrons. The van der Waals surface area contributed by atoms with E-state index in [4.69, 9.17) is 4.74 Å². The predicted octanol–water partition coefficient (Wildman–Crippen LogP) is 2.77. The van der Waals surface area contributed by atoms with Crippen molar-refractivity contribution < 1.29 is 9.53 Å². The summed E-state index contributed by atoms with van der Waals surface area (Å²) in [6, 6.07) is 17.2. The highest BCUT2D eigenvalue weighted by molar-refractivity contribution is 5.75. The van der Waals surface area contributed by atoms with E-state index in [0.29, 0.717) is 17.9 Å². The van der Waals surface area contributed by atoms with E-state index in [1.54, 1.807) is 18.2 Å². The van der Waals surface area contributed by atoms with Crippen molar-refractivity contribution in [3.63, 3.8) is 0 Å². The molecule has 0 aliphatic carbocycles. The van der Waals surface area contributed by atoms with Gasteiger partial charge in [-0.1, -0.05) is 42.5 Å². The van der Waals surface area contributed by atoms with Crippen LogP contribution < -0.4 is 4.74 Å². The minimum absolute atomic E-state index is 0.516. The van der Waals surface area contributed by atoms with Crippen molar-refractivity contribution >= 4 is 6.29 Å². The van der Waals surface area contributed by atoms with Gasteiger partial charge < -0.3 is 4.74 Å². The smallest absolute Gasteiger partial charge is 0.233 e. The zero-order chi connectivity index (χ0) is 11.9. The van der Waals surface area contributed by atoms with Crippen molar-refractivity contribution in [3.05, 3.63) is 65.7 Å². The average Bonchev–Trinajstić information content (AvgIpc) is 2.40. The largest absolute Gasteiger partial charge is 0.493 e. The topological polar surface area (TPSA) is 26.3 Å². The van der Waals surface area contributed by atoms with Crippen molar-refractivity contribution in [2.24, 2.45) is 0 Å². The van der Waals surface area contributed by atoms with E-state index in [2.05, 4.69) is 12.1 Å². The van der Waals surface area contributed by atoms with E-state index in [1.165, 1.54) is 5.56 Å². The zero-order valence-corrected chi connectivity index (χ0v) is 9.43. The summed E-state index contributed by atoms with van der Waals surface area (Å²) in [7, 11) is 0. The first-order valence-electron chi connectivity index (χ1n) is 5.53. The average molecular weight is 225 g/mol. The van der Waals surface area contributed by atoms with E-state index in [0.717, 1.165) is 6.42 Å². The highest BCUT2D eigenvalue weighted by Crippen LogP contribution is 2.12. The van der Waals surface area contributed by atoms with E-state index in [1.807, 2.05) is 30.6 Å². The molecule has 0 aromatic heterocycles. The van der Waals surface area contributed by atoms with Gasteiger partial charge in [0.2, 0.25) is 6.29 Å². The molecule has 0 bridgehead atoms. The Bertz CT molecular complexity index is 477. The van der Waals surface area contributed by atoms with E-state index >= 15 is 0 Å². The van der Waals surface area contributed by atoms with Gasteiger partial charge in [-0.15, -0.1) is 0 Å². The molecule has 2 aromatic rings. The highest BCUT2D eigenvalue weighted by Gasteiger charge is 1.97. The molecule has 0 fully saturated rings. The van der Waals surface area contributed by atoms with Gasteiger partial charge in [0.25, 0.3) is 0 Å². The van der Waals surface area contributed by atoms with Crippen LogP contribution in [0.2, 0.25) is 0 Å². The summed E-state index contributed by atoms with van der Waals surface area (Å²) in [6.07, 6.45) is 2.70. The van der Waals surface area contributed by atoms with Gasteiger partial charge in [-0.2, -0.15) is 0 Å². The van der Waals surface area contributed by atoms with Gasteiger partial charge in [0.05, 0.1) is 6.61 Å². The van der Waals surface area contributed by atoms with Gasteiger partial charge in [-0.05, 0) is 17.7 Å². The maximum Gasteiger partial charge on any atom is 0.233 e. The number of rotatable bonds is 5. The third kappa shape index (κ3) is 3.45. The van der Waals surface area contributed by atoms with Crippen molar-refractivity contribution in [1.82, 2.24) is 0 Å². The minimum atomic E-state index is 0.516. The van der Waals surface area contributed by atoms with E-state index in [9.17, 15) is 4.79 Å². The second-order valence-electron chi connectivity index (χ2n) is 3.71. The van der Waals surface area contributed by atoms with Gasteiger partial charge in [0, 0.05) is 12.0 Å². The van der Waals surface area contributed by atoms with Crippen LogP contribution in [0.3, 0.4) is 0 Å². The molecule has 2 aromatic carbocycles. The van der Waals surface area contributed by atoms with E-state index < -0.39 is 0 Å². The molecule has 0 saturated carbocycles. The maximum atomic E-state index is 10.5. The molecule has 0 unspecified atom stereocenters. The van der Waals surface area contributed by atoms with Gasteiger partial charge in [0.15, 0.2) is 0 Å². The lowest BCUT2D eigenvalue weighted by Crippen LogP contribution is -2.01. The van der Waals surface area contributed by atoms with Crippen LogP contribution in [0, 0.1) is 0 Å². The molecule has 17 heavy (non-hydrogen) atoms. The first-order chi connectivity index (χ1) is 8.38. The molecule has 0 heterocycles. The summed E-state index contributed by atoms with van der Waals surface area (Å²) in [5.74, 6) is 0.710. The lowest BCUT2D eigenvalue weighted by atomic mass is 10.2. The molecule has 0 saturated heterocycles. The molecule has 0 amide bonds. The molecule has 0 aliphatic heterocycles. The summed E-state index contributed by atoms with van der Waals surface area (Å²) in [5.41, 5.74) is 1.76. The molecular formula is C15H13O2. The second-order valence-corrected chi connectivity index (χ2v) is 3.71. The van der Waals surface area contributed by atoms with Crippen LogP contribution in [0.5, 0.6) is 5.75 Å². The first-order valence-corrected chi connectivity index (χ1v) is 5.53. The van der Waals surface area contributed by atoms with Gasteiger partial charge >= 0.3 is 0 Å². The molecule has 2 heteroatoms. The standard InChI is InChI=1S/C15H13O2/c16-12-14-7-4-8-15(11-14)17-10-9-13-5-2-1-3-6-13/h1-8,11H,9-10H2. The molecule has 0 aliphatic rings. The third-order valence-electron chi connectivity index (χ3n) is 2.45. The fraction of sp³-hybridized carbons (Fsp3) is 0.133. The number of carbonyl (C=O) groups excluding carboxylic acids is 1. The van der Waals surface area contributed by atoms with Gasteiger partial charge in [-0.25, -0.2) is 0 Å². The minimum Gasteiger partial charge on any atom is -0.493 e. The lowest BCUT2D eigenvalue weighted by Gasteiger charge is -2.06. The Hall–Kier alpha value is -2.09. The summed E-state index contributed by atoms with van der Waals surface area (Å²) in [5, 5.41) is 0. The van der Waals surface area contributed by atoms with Crippen molar-refractivity contribution in [3.8, 4) is 5.75 Å². The third-order valence-corrected chi connectivity index (χ3v) is 2.45. The maximum absolute atomic E-state index is 10.5. The Morgan fingerprint density at radius 2 is 1.82 bits per heavy atom. The van der Waals surface area contributed by atoms with Crippen molar-refractivity contribution in [2.45, 2.75) is 6.42 Å². The Morgan fingerprint density at radius 1 is 1.00 bits per heavy atom. The highest BCUT2D eigenvalue weighted by atomic mass is 16.5. The van der Waals surface area contributed by atoms with Gasteiger partial charge in [-0.3, -0.25) is 4.79 Å². The fourth-order valence-electron chi connectivity index (χ4n) is 1.58. The van der Waals surface area contributed by atoms with Crippen LogP contribution in [0.1, 0.15) is 11.1 Å². The summed E-state index contributed by atoms with van der Waals surface area (Å²) in [4.78, 5) is 10.5. The van der Waals surface area contributed by atoms with Crippen LogP contribution in [0.25, 0.3) is 0 Å². The SMILES string of the molecule is O=[C]c1cccc(OCCc2ccccc2)c1. The Kier molecular flexibility index (Phi) is 3.92. The van der Waals surface area contributed by atoms with Gasteiger partial charge in [0.1, 0.15) is 5.75 Å². The Labute approximate surface area is 101 Å². The molecule has 2 rings (SSSR count). The second kappa shape index (κ2) is 5.85. The quantitative estimate of drug-likeness (QED) is 0.782. The summed E-state index contributed by atoms with van der Waals surface area (Å²) in [6.45, 7) is 0.603. The lowest BCUT2D eigenvalue weighted by molar-refractivity contribution is 0.322. The van der Waals surface area contributed by atoms with Crippen LogP contribution in [-0.2, 0) is 11.2 Å². The van der Waals surface area contributed by atoms with Crippen LogP contribution >= 0.6 is 0 Å². The van der Waals surface area contributed by atoms with Crippen molar-refractivity contribution in [1.29, 1.82) is 0 Å². The predicted molar refractivity (Wildman–Crippen MR) is 66.9 cm³/mol. The monoisotopic (exact) mass is 225 g/mol. The number of benzene rings is 2. The fourth-order valence-corrected chi connectivity index (χ4v) is 1.58. The zero-order valence-electron chi connectivity index (χ0n) is 9.43. The Balaban J connectivity index is 1.88. The Morgan fingerprint density at radius 3 is 2.59 bits per heavy atom. The summed E-state index contributed by atoms with van der Waals surface area (Å²) < 4.78 is 5.57. The van der Waals surface area contributed by atoms with Crippen LogP contribution in [-0.4, -0.2) is 12.9 Å². The van der Waals surface area contributed by atoms with Crippen molar-refractivity contribution in [2.75, 3.05) is 6.61 Å². The number of ether oxygens (including phenoxy) is 1. The molecule has 0 N–H and O–H groups in total. The molecular weight excluding hydrogens is 212 g/mol. The normalized spacial score (nSPS) is 9.88. The molecule has 0 atom stereocenters. The number of hydrogen-bond acceptors (Lipinski definition) is 2. The van der Waals surface area contributed by atoms with E-state index in [-0.39, 0.29) is 0 Å². The molecule has 2 nitrogen and oxygen atoms in total.